The van der Waals surface area contributed by atoms with E-state index in [2.05, 4.69) is 4.98 Å². The summed E-state index contributed by atoms with van der Waals surface area (Å²) in [4.78, 5) is 4.27. The van der Waals surface area contributed by atoms with Crippen LogP contribution in [-0.4, -0.2) is 18.2 Å². The summed E-state index contributed by atoms with van der Waals surface area (Å²) >= 11 is 6.08. The van der Waals surface area contributed by atoms with Crippen molar-refractivity contribution in [3.8, 4) is 22.8 Å². The molecule has 1 aliphatic carbocycles. The Hall–Kier alpha value is -1.74. The van der Waals surface area contributed by atoms with Crippen molar-refractivity contribution in [3.63, 3.8) is 0 Å². The maximum atomic E-state index is 6.08. The van der Waals surface area contributed by atoms with Gasteiger partial charge in [-0.05, 0) is 49.1 Å². The number of hydrogen-bond donors (Lipinski definition) is 0. The minimum atomic E-state index is 0.319. The van der Waals surface area contributed by atoms with Crippen molar-refractivity contribution >= 4 is 11.6 Å². The first-order valence-electron chi connectivity index (χ1n) is 6.73. The minimum absolute atomic E-state index is 0.319. The van der Waals surface area contributed by atoms with E-state index in [9.17, 15) is 0 Å². The number of nitrogens with zero attached hydrogens (tertiary/aromatic N) is 1. The highest BCUT2D eigenvalue weighted by molar-refractivity contribution is 6.31. The van der Waals surface area contributed by atoms with E-state index >= 15 is 0 Å². The van der Waals surface area contributed by atoms with Crippen LogP contribution in [0.1, 0.15) is 19.3 Å². The van der Waals surface area contributed by atoms with Crippen molar-refractivity contribution in [3.05, 3.63) is 41.6 Å². The first kappa shape index (κ1) is 13.3. The van der Waals surface area contributed by atoms with Gasteiger partial charge in [0.15, 0.2) is 0 Å². The summed E-state index contributed by atoms with van der Waals surface area (Å²) in [6.07, 6.45) is 5.55. The number of rotatable bonds is 4. The van der Waals surface area contributed by atoms with E-state index < -0.39 is 0 Å². The lowest BCUT2D eigenvalue weighted by Gasteiger charge is -2.25. The fraction of sp³-hybridized carbons (Fsp3) is 0.312. The molecule has 1 saturated carbocycles. The van der Waals surface area contributed by atoms with Gasteiger partial charge in [-0.1, -0.05) is 11.6 Å². The van der Waals surface area contributed by atoms with Crippen molar-refractivity contribution in [1.82, 2.24) is 4.98 Å². The molecule has 3 nitrogen and oxygen atoms in total. The molecule has 4 heteroatoms. The molecule has 104 valence electrons. The van der Waals surface area contributed by atoms with Gasteiger partial charge in [-0.25, -0.2) is 4.98 Å². The van der Waals surface area contributed by atoms with Crippen molar-refractivity contribution in [2.45, 2.75) is 25.4 Å². The Bertz CT molecular complexity index is 611. The molecule has 0 bridgehead atoms. The van der Waals surface area contributed by atoms with E-state index in [1.165, 1.54) is 6.42 Å². The van der Waals surface area contributed by atoms with Gasteiger partial charge in [-0.15, -0.1) is 0 Å². The minimum Gasteiger partial charge on any atom is -0.496 e. The van der Waals surface area contributed by atoms with Crippen LogP contribution in [0.4, 0.5) is 0 Å². The van der Waals surface area contributed by atoms with Crippen molar-refractivity contribution in [2.24, 2.45) is 0 Å². The van der Waals surface area contributed by atoms with Crippen LogP contribution in [0.3, 0.4) is 0 Å². The third-order valence-corrected chi connectivity index (χ3v) is 3.78. The molecule has 3 rings (SSSR count). The Morgan fingerprint density at radius 2 is 2.05 bits per heavy atom. The van der Waals surface area contributed by atoms with E-state index in [1.54, 1.807) is 13.3 Å². The molecule has 1 aromatic heterocycles. The molecule has 1 heterocycles. The first-order valence-corrected chi connectivity index (χ1v) is 7.10. The average Bonchev–Trinajstić information content (AvgIpc) is 2.43. The second-order valence-corrected chi connectivity index (χ2v) is 5.33. The fourth-order valence-corrected chi connectivity index (χ4v) is 2.38. The maximum Gasteiger partial charge on any atom is 0.214 e. The van der Waals surface area contributed by atoms with Gasteiger partial charge in [0.05, 0.1) is 7.11 Å². The van der Waals surface area contributed by atoms with Gasteiger partial charge in [-0.3, -0.25) is 0 Å². The Balaban J connectivity index is 1.92. The zero-order valence-electron chi connectivity index (χ0n) is 11.3. The molecule has 0 aliphatic heterocycles. The highest BCUT2D eigenvalue weighted by atomic mass is 35.5. The van der Waals surface area contributed by atoms with Crippen LogP contribution >= 0.6 is 11.6 Å². The summed E-state index contributed by atoms with van der Waals surface area (Å²) in [5.41, 5.74) is 1.94. The number of pyridine rings is 1. The highest BCUT2D eigenvalue weighted by Crippen LogP contribution is 2.34. The molecule has 0 N–H and O–H groups in total. The van der Waals surface area contributed by atoms with E-state index in [4.69, 9.17) is 21.1 Å². The maximum absolute atomic E-state index is 6.08. The lowest BCUT2D eigenvalue weighted by atomic mass is 9.96. The van der Waals surface area contributed by atoms with Crippen LogP contribution in [0, 0.1) is 0 Å². The second-order valence-electron chi connectivity index (χ2n) is 4.90. The van der Waals surface area contributed by atoms with Crippen molar-refractivity contribution in [1.29, 1.82) is 0 Å². The lowest BCUT2D eigenvalue weighted by Crippen LogP contribution is -2.24. The Labute approximate surface area is 123 Å². The molecule has 20 heavy (non-hydrogen) atoms. The number of ether oxygens (including phenoxy) is 2. The summed E-state index contributed by atoms with van der Waals surface area (Å²) in [5, 5.41) is 0.680. The number of methoxy groups -OCH3 is 1. The molecule has 0 radical (unpaired) electrons. The van der Waals surface area contributed by atoms with Gasteiger partial charge >= 0.3 is 0 Å². The lowest BCUT2D eigenvalue weighted by molar-refractivity contribution is 0.115. The topological polar surface area (TPSA) is 31.4 Å². The first-order chi connectivity index (χ1) is 9.76. The molecular formula is C16H16ClNO2. The van der Waals surface area contributed by atoms with Gasteiger partial charge in [-0.2, -0.15) is 0 Å². The summed E-state index contributed by atoms with van der Waals surface area (Å²) in [6.45, 7) is 0. The smallest absolute Gasteiger partial charge is 0.214 e. The normalized spacial score (nSPS) is 14.7. The van der Waals surface area contributed by atoms with Gasteiger partial charge in [0.2, 0.25) is 5.88 Å². The molecule has 1 aliphatic rings. The van der Waals surface area contributed by atoms with Crippen LogP contribution < -0.4 is 9.47 Å². The molecule has 0 spiro atoms. The number of aromatic nitrogens is 1. The molecule has 2 aromatic rings. The zero-order valence-corrected chi connectivity index (χ0v) is 12.1. The summed E-state index contributed by atoms with van der Waals surface area (Å²) in [5.74, 6) is 1.45. The predicted octanol–water partition coefficient (Wildman–Crippen LogP) is 4.34. The quantitative estimate of drug-likeness (QED) is 0.839. The molecule has 1 fully saturated rings. The van der Waals surface area contributed by atoms with E-state index in [0.29, 0.717) is 17.0 Å². The Morgan fingerprint density at radius 1 is 1.20 bits per heavy atom. The molecular weight excluding hydrogens is 274 g/mol. The van der Waals surface area contributed by atoms with Crippen molar-refractivity contribution in [2.75, 3.05) is 7.11 Å². The second kappa shape index (κ2) is 5.71. The van der Waals surface area contributed by atoms with E-state index in [0.717, 1.165) is 29.7 Å². The van der Waals surface area contributed by atoms with Crippen LogP contribution in [0.15, 0.2) is 36.5 Å². The Morgan fingerprint density at radius 3 is 2.75 bits per heavy atom. The molecule has 0 amide bonds. The van der Waals surface area contributed by atoms with Gasteiger partial charge in [0.1, 0.15) is 11.9 Å². The van der Waals surface area contributed by atoms with Crippen LogP contribution in [-0.2, 0) is 0 Å². The largest absolute Gasteiger partial charge is 0.496 e. The molecule has 1 aromatic carbocycles. The number of benzene rings is 1. The van der Waals surface area contributed by atoms with E-state index in [-0.39, 0.29) is 0 Å². The predicted molar refractivity (Wildman–Crippen MR) is 79.5 cm³/mol. The van der Waals surface area contributed by atoms with Crippen LogP contribution in [0.2, 0.25) is 5.02 Å². The van der Waals surface area contributed by atoms with Gasteiger partial charge < -0.3 is 9.47 Å². The van der Waals surface area contributed by atoms with Crippen molar-refractivity contribution < 1.29 is 9.47 Å². The zero-order chi connectivity index (χ0) is 13.9. The average molecular weight is 290 g/mol. The summed E-state index contributed by atoms with van der Waals surface area (Å²) < 4.78 is 11.2. The summed E-state index contributed by atoms with van der Waals surface area (Å²) in [6, 6.07) is 9.44. The SMILES string of the molecule is COc1ccc(Cl)cc1-c1ccnc(OC2CCC2)c1. The van der Waals surface area contributed by atoms with Crippen LogP contribution in [0.25, 0.3) is 11.1 Å². The standard InChI is InChI=1S/C16H16ClNO2/c1-19-15-6-5-12(17)10-14(15)11-7-8-18-16(9-11)20-13-3-2-4-13/h5-10,13H,2-4H2,1H3. The van der Waals surface area contributed by atoms with Gasteiger partial charge in [0.25, 0.3) is 0 Å². The highest BCUT2D eigenvalue weighted by Gasteiger charge is 2.19. The van der Waals surface area contributed by atoms with Crippen LogP contribution in [0.5, 0.6) is 11.6 Å². The summed E-state index contributed by atoms with van der Waals surface area (Å²) in [7, 11) is 1.65. The molecule has 0 atom stereocenters. The number of halogens is 1. The third-order valence-electron chi connectivity index (χ3n) is 3.55. The number of hydrogen-bond acceptors (Lipinski definition) is 3. The Kier molecular flexibility index (Phi) is 3.79. The fourth-order valence-electron chi connectivity index (χ4n) is 2.21. The third kappa shape index (κ3) is 2.73. The molecule has 0 saturated heterocycles. The monoisotopic (exact) mass is 289 g/mol. The molecule has 0 unspecified atom stereocenters. The van der Waals surface area contributed by atoms with E-state index in [1.807, 2.05) is 30.3 Å². The van der Waals surface area contributed by atoms with Gasteiger partial charge in [0, 0.05) is 22.8 Å².